The minimum atomic E-state index is -0.249. The van der Waals surface area contributed by atoms with Gasteiger partial charge in [0.1, 0.15) is 11.5 Å². The van der Waals surface area contributed by atoms with E-state index in [2.05, 4.69) is 21.2 Å². The molecular weight excluding hydrogens is 425 g/mol. The average molecular weight is 437 g/mol. The van der Waals surface area contributed by atoms with Crippen LogP contribution >= 0.6 is 39.1 Å². The van der Waals surface area contributed by atoms with Crippen molar-refractivity contribution in [2.45, 2.75) is 0 Å². The topological polar surface area (TPSA) is 42.2 Å². The van der Waals surface area contributed by atoms with E-state index in [-0.39, 0.29) is 5.91 Å². The Balaban J connectivity index is 1.70. The third-order valence-electron chi connectivity index (χ3n) is 3.31. The van der Waals surface area contributed by atoms with E-state index in [0.717, 1.165) is 10.0 Å². The lowest BCUT2D eigenvalue weighted by Crippen LogP contribution is -2.07. The number of carbonyl (C=O) groups is 1. The van der Waals surface area contributed by atoms with Gasteiger partial charge in [-0.05, 0) is 54.6 Å². The molecule has 0 aliphatic rings. The smallest absolute Gasteiger partial charge is 0.248 e. The molecule has 0 radical (unpaired) electrons. The second kappa shape index (κ2) is 7.91. The molecule has 126 valence electrons. The highest BCUT2D eigenvalue weighted by atomic mass is 79.9. The second-order valence-electron chi connectivity index (χ2n) is 5.16. The number of nitrogens with one attached hydrogen (secondary N) is 1. The maximum absolute atomic E-state index is 12.0. The minimum absolute atomic E-state index is 0.249. The van der Waals surface area contributed by atoms with Crippen molar-refractivity contribution in [3.63, 3.8) is 0 Å². The van der Waals surface area contributed by atoms with Crippen molar-refractivity contribution in [1.29, 1.82) is 0 Å². The molecule has 1 amide bonds. The highest BCUT2D eigenvalue weighted by Crippen LogP contribution is 2.31. The molecule has 0 saturated heterocycles. The third-order valence-corrected chi connectivity index (χ3v) is 4.36. The molecule has 0 aliphatic carbocycles. The van der Waals surface area contributed by atoms with Crippen molar-refractivity contribution >= 4 is 56.8 Å². The molecule has 2 aromatic carbocycles. The molecule has 0 atom stereocenters. The van der Waals surface area contributed by atoms with E-state index in [9.17, 15) is 4.79 Å². The van der Waals surface area contributed by atoms with Gasteiger partial charge in [0.15, 0.2) is 0 Å². The van der Waals surface area contributed by atoms with Crippen molar-refractivity contribution in [3.05, 3.63) is 81.0 Å². The highest BCUT2D eigenvalue weighted by Gasteiger charge is 2.08. The SMILES string of the molecule is O=C(/C=C/c1ccc(-c2ccc(Cl)cc2Cl)o1)Nc1cccc(Br)c1. The third kappa shape index (κ3) is 4.75. The normalized spacial score (nSPS) is 11.0. The molecule has 0 saturated carbocycles. The zero-order valence-electron chi connectivity index (χ0n) is 12.8. The highest BCUT2D eigenvalue weighted by molar-refractivity contribution is 9.10. The van der Waals surface area contributed by atoms with Crippen LogP contribution in [-0.2, 0) is 4.79 Å². The number of furan rings is 1. The quantitative estimate of drug-likeness (QED) is 0.464. The van der Waals surface area contributed by atoms with Crippen LogP contribution in [0.1, 0.15) is 5.76 Å². The van der Waals surface area contributed by atoms with Crippen molar-refractivity contribution in [1.82, 2.24) is 0 Å². The fourth-order valence-corrected chi connectivity index (χ4v) is 3.09. The summed E-state index contributed by atoms with van der Waals surface area (Å²) in [5, 5.41) is 3.84. The van der Waals surface area contributed by atoms with Crippen LogP contribution in [0.2, 0.25) is 10.0 Å². The Labute approximate surface area is 163 Å². The van der Waals surface area contributed by atoms with Gasteiger partial charge in [-0.2, -0.15) is 0 Å². The summed E-state index contributed by atoms with van der Waals surface area (Å²) in [5.41, 5.74) is 1.45. The zero-order chi connectivity index (χ0) is 17.8. The van der Waals surface area contributed by atoms with E-state index in [4.69, 9.17) is 27.6 Å². The first-order valence-corrected chi connectivity index (χ1v) is 8.86. The van der Waals surface area contributed by atoms with Gasteiger partial charge in [0.2, 0.25) is 5.91 Å². The van der Waals surface area contributed by atoms with Crippen LogP contribution in [0.3, 0.4) is 0 Å². The molecule has 3 nitrogen and oxygen atoms in total. The van der Waals surface area contributed by atoms with E-state index in [1.54, 1.807) is 36.4 Å². The van der Waals surface area contributed by atoms with E-state index in [0.29, 0.717) is 27.3 Å². The first-order chi connectivity index (χ1) is 12.0. The number of halogens is 3. The molecule has 1 aromatic heterocycles. The monoisotopic (exact) mass is 435 g/mol. The van der Waals surface area contributed by atoms with Crippen molar-refractivity contribution in [2.75, 3.05) is 5.32 Å². The lowest BCUT2D eigenvalue weighted by atomic mass is 10.2. The molecule has 0 bridgehead atoms. The number of anilines is 1. The molecule has 25 heavy (non-hydrogen) atoms. The summed E-state index contributed by atoms with van der Waals surface area (Å²) in [6, 6.07) is 16.1. The number of rotatable bonds is 4. The van der Waals surface area contributed by atoms with Gasteiger partial charge in [-0.25, -0.2) is 0 Å². The van der Waals surface area contributed by atoms with Gasteiger partial charge < -0.3 is 9.73 Å². The predicted octanol–water partition coefficient (Wildman–Crippen LogP) is 6.67. The number of benzene rings is 2. The Hall–Kier alpha value is -2.01. The summed E-state index contributed by atoms with van der Waals surface area (Å²) in [5.74, 6) is 0.902. The van der Waals surface area contributed by atoms with E-state index >= 15 is 0 Å². The average Bonchev–Trinajstić information content (AvgIpc) is 3.01. The van der Waals surface area contributed by atoms with E-state index in [1.165, 1.54) is 6.08 Å². The van der Waals surface area contributed by atoms with Gasteiger partial charge in [-0.3, -0.25) is 4.79 Å². The van der Waals surface area contributed by atoms with Gasteiger partial charge >= 0.3 is 0 Å². The number of hydrogen-bond donors (Lipinski definition) is 1. The Bertz CT molecular complexity index is 950. The van der Waals surface area contributed by atoms with Crippen LogP contribution in [0.15, 0.2) is 69.6 Å². The van der Waals surface area contributed by atoms with Crippen LogP contribution in [-0.4, -0.2) is 5.91 Å². The van der Waals surface area contributed by atoms with Gasteiger partial charge in [0.05, 0.1) is 5.02 Å². The minimum Gasteiger partial charge on any atom is -0.457 e. The maximum atomic E-state index is 12.0. The summed E-state index contributed by atoms with van der Waals surface area (Å²) in [7, 11) is 0. The lowest BCUT2D eigenvalue weighted by molar-refractivity contribution is -0.111. The zero-order valence-corrected chi connectivity index (χ0v) is 15.9. The summed E-state index contributed by atoms with van der Waals surface area (Å²) < 4.78 is 6.60. The summed E-state index contributed by atoms with van der Waals surface area (Å²) in [4.78, 5) is 12.0. The van der Waals surface area contributed by atoms with Crippen LogP contribution < -0.4 is 5.32 Å². The van der Waals surface area contributed by atoms with Gasteiger partial charge in [-0.15, -0.1) is 0 Å². The molecular formula is C19H12BrCl2NO2. The number of amides is 1. The Kier molecular flexibility index (Phi) is 5.63. The molecule has 0 fully saturated rings. The molecule has 6 heteroatoms. The Morgan fingerprint density at radius 2 is 1.92 bits per heavy atom. The van der Waals surface area contributed by atoms with E-state index in [1.807, 2.05) is 24.3 Å². The van der Waals surface area contributed by atoms with Crippen molar-refractivity contribution in [3.8, 4) is 11.3 Å². The predicted molar refractivity (Wildman–Crippen MR) is 106 cm³/mol. The summed E-state index contributed by atoms with van der Waals surface area (Å²) in [6.07, 6.45) is 3.01. The van der Waals surface area contributed by atoms with Crippen LogP contribution in [0.4, 0.5) is 5.69 Å². The number of carbonyl (C=O) groups excluding carboxylic acids is 1. The van der Waals surface area contributed by atoms with Crippen LogP contribution in [0.5, 0.6) is 0 Å². The molecule has 0 spiro atoms. The molecule has 3 aromatic rings. The van der Waals surface area contributed by atoms with Gasteiger partial charge in [0, 0.05) is 26.8 Å². The van der Waals surface area contributed by atoms with Crippen LogP contribution in [0, 0.1) is 0 Å². The lowest BCUT2D eigenvalue weighted by Gasteiger charge is -2.02. The fraction of sp³-hybridized carbons (Fsp3) is 0. The van der Waals surface area contributed by atoms with Crippen LogP contribution in [0.25, 0.3) is 17.4 Å². The first kappa shape index (κ1) is 17.8. The summed E-state index contributed by atoms with van der Waals surface area (Å²) >= 11 is 15.4. The molecule has 0 aliphatic heterocycles. The molecule has 1 heterocycles. The van der Waals surface area contributed by atoms with Crippen molar-refractivity contribution in [2.24, 2.45) is 0 Å². The maximum Gasteiger partial charge on any atom is 0.248 e. The second-order valence-corrected chi connectivity index (χ2v) is 6.92. The largest absolute Gasteiger partial charge is 0.457 e. The van der Waals surface area contributed by atoms with Crippen molar-refractivity contribution < 1.29 is 9.21 Å². The molecule has 3 rings (SSSR count). The number of hydrogen-bond acceptors (Lipinski definition) is 2. The standard InChI is InChI=1S/C19H12BrCl2NO2/c20-12-2-1-3-14(10-12)23-19(24)9-6-15-5-8-18(25-15)16-7-4-13(21)11-17(16)22/h1-11H,(H,23,24)/b9-6+. The van der Waals surface area contributed by atoms with Gasteiger partial charge in [0.25, 0.3) is 0 Å². The Morgan fingerprint density at radius 3 is 2.68 bits per heavy atom. The molecule has 1 N–H and O–H groups in total. The van der Waals surface area contributed by atoms with Gasteiger partial charge in [-0.1, -0.05) is 45.2 Å². The fourth-order valence-electron chi connectivity index (χ4n) is 2.18. The Morgan fingerprint density at radius 1 is 1.08 bits per heavy atom. The first-order valence-electron chi connectivity index (χ1n) is 7.31. The summed E-state index contributed by atoms with van der Waals surface area (Å²) in [6.45, 7) is 0. The van der Waals surface area contributed by atoms with E-state index < -0.39 is 0 Å². The molecule has 0 unspecified atom stereocenters.